The molecule has 4 aromatic carbocycles. The van der Waals surface area contributed by atoms with Gasteiger partial charge in [0, 0.05) is 22.1 Å². The molecule has 0 radical (unpaired) electrons. The number of alkyl halides is 3. The van der Waals surface area contributed by atoms with Crippen molar-refractivity contribution in [3.05, 3.63) is 112 Å². The van der Waals surface area contributed by atoms with Crippen molar-refractivity contribution in [3.63, 3.8) is 0 Å². The van der Waals surface area contributed by atoms with Crippen LogP contribution >= 0.6 is 0 Å². The van der Waals surface area contributed by atoms with Crippen LogP contribution in [0.2, 0.25) is 0 Å². The maximum absolute atomic E-state index is 15.0. The Morgan fingerprint density at radius 2 is 1.31 bits per heavy atom. The molecule has 4 aromatic rings. The molecular weight excluding hydrogens is 478 g/mol. The van der Waals surface area contributed by atoms with Crippen molar-refractivity contribution < 1.29 is 31.1 Å². The lowest BCUT2D eigenvalue weighted by atomic mass is 10.0. The van der Waals surface area contributed by atoms with Crippen LogP contribution in [0.5, 0.6) is 5.75 Å². The largest absolute Gasteiger partial charge is 0.573 e. The molecule has 0 aromatic heterocycles. The fourth-order valence-electron chi connectivity index (χ4n) is 3.42. The minimum Gasteiger partial charge on any atom is -0.399 e. The van der Waals surface area contributed by atoms with Gasteiger partial charge in [-0.1, -0.05) is 54.9 Å². The second-order valence-corrected chi connectivity index (χ2v) is 7.73. The molecule has 0 fully saturated rings. The number of rotatable bonds is 2. The van der Waals surface area contributed by atoms with E-state index in [1.807, 2.05) is 24.3 Å². The van der Waals surface area contributed by atoms with Crippen molar-refractivity contribution in [2.45, 2.75) is 19.7 Å². The SMILES string of the molecule is CCc1ccc(C#Cc2ccc3c(F)c(C#Cc4cc(F)c(OC(F)(F)F)c(F)c4)ccc3c2)cc1. The Morgan fingerprint density at radius 3 is 1.94 bits per heavy atom. The van der Waals surface area contributed by atoms with Crippen molar-refractivity contribution in [1.82, 2.24) is 0 Å². The summed E-state index contributed by atoms with van der Waals surface area (Å²) in [5.41, 5.74) is 2.43. The van der Waals surface area contributed by atoms with Gasteiger partial charge in [-0.25, -0.2) is 13.2 Å². The summed E-state index contributed by atoms with van der Waals surface area (Å²) in [5, 5.41) is 0.850. The summed E-state index contributed by atoms with van der Waals surface area (Å²) in [4.78, 5) is 0. The van der Waals surface area contributed by atoms with E-state index in [4.69, 9.17) is 0 Å². The highest BCUT2D eigenvalue weighted by Gasteiger charge is 2.34. The first kappa shape index (κ1) is 24.8. The molecule has 0 spiro atoms. The molecule has 180 valence electrons. The van der Waals surface area contributed by atoms with Crippen LogP contribution in [0.15, 0.2) is 66.7 Å². The minimum atomic E-state index is -5.26. The van der Waals surface area contributed by atoms with Crippen LogP contribution < -0.4 is 4.74 Å². The van der Waals surface area contributed by atoms with E-state index in [1.54, 1.807) is 24.3 Å². The van der Waals surface area contributed by atoms with Crippen LogP contribution in [0.4, 0.5) is 26.3 Å². The third-order valence-electron chi connectivity index (χ3n) is 5.23. The molecule has 0 atom stereocenters. The lowest BCUT2D eigenvalue weighted by Crippen LogP contribution is -2.19. The Morgan fingerprint density at radius 1 is 0.694 bits per heavy atom. The fraction of sp³-hybridized carbons (Fsp3) is 0.103. The molecule has 0 amide bonds. The first-order valence-electron chi connectivity index (χ1n) is 10.7. The number of benzene rings is 4. The standard InChI is InChI=1S/C29H16F6O/c1-2-18-3-5-19(6-4-18)7-8-20-10-14-24-23(15-20)13-12-22(27(24)32)11-9-21-16-25(30)28(26(31)17-21)36-29(33,34)35/h3-6,10,12-17H,2H2,1H3. The Balaban J connectivity index is 1.59. The van der Waals surface area contributed by atoms with Crippen molar-refractivity contribution >= 4 is 10.8 Å². The summed E-state index contributed by atoms with van der Waals surface area (Å²) in [6.07, 6.45) is -4.32. The zero-order valence-electron chi connectivity index (χ0n) is 18.7. The molecule has 0 saturated heterocycles. The number of ether oxygens (including phenoxy) is 1. The number of hydrogen-bond acceptors (Lipinski definition) is 1. The Labute approximate surface area is 203 Å². The molecule has 7 heteroatoms. The van der Waals surface area contributed by atoms with E-state index < -0.39 is 29.6 Å². The van der Waals surface area contributed by atoms with E-state index in [9.17, 15) is 22.0 Å². The molecule has 0 heterocycles. The van der Waals surface area contributed by atoms with Gasteiger partial charge in [0.05, 0.1) is 5.56 Å². The molecule has 0 aliphatic carbocycles. The Bertz CT molecular complexity index is 1540. The van der Waals surface area contributed by atoms with Gasteiger partial charge in [0.1, 0.15) is 5.82 Å². The molecule has 36 heavy (non-hydrogen) atoms. The average molecular weight is 494 g/mol. The van der Waals surface area contributed by atoms with Gasteiger partial charge < -0.3 is 4.74 Å². The zero-order valence-corrected chi connectivity index (χ0v) is 18.7. The highest BCUT2D eigenvalue weighted by Crippen LogP contribution is 2.29. The summed E-state index contributed by atoms with van der Waals surface area (Å²) in [6.45, 7) is 2.07. The summed E-state index contributed by atoms with van der Waals surface area (Å²) in [5.74, 6) is 5.56. The molecule has 0 aliphatic rings. The monoisotopic (exact) mass is 494 g/mol. The van der Waals surface area contributed by atoms with Crippen molar-refractivity contribution in [2.24, 2.45) is 0 Å². The third kappa shape index (κ3) is 5.82. The molecule has 0 bridgehead atoms. The van der Waals surface area contributed by atoms with Gasteiger partial charge in [0.15, 0.2) is 11.6 Å². The van der Waals surface area contributed by atoms with Crippen LogP contribution in [0.3, 0.4) is 0 Å². The molecule has 0 aliphatic heterocycles. The number of hydrogen-bond donors (Lipinski definition) is 0. The summed E-state index contributed by atoms with van der Waals surface area (Å²) in [6, 6.07) is 17.0. The predicted octanol–water partition coefficient (Wildman–Crippen LogP) is 7.52. The van der Waals surface area contributed by atoms with Crippen molar-refractivity contribution in [1.29, 1.82) is 0 Å². The number of halogens is 6. The lowest BCUT2D eigenvalue weighted by molar-refractivity contribution is -0.276. The van der Waals surface area contributed by atoms with Crippen molar-refractivity contribution in [3.8, 4) is 29.4 Å². The quantitative estimate of drug-likeness (QED) is 0.207. The van der Waals surface area contributed by atoms with E-state index in [0.717, 1.165) is 12.0 Å². The Hall–Kier alpha value is -4.36. The van der Waals surface area contributed by atoms with E-state index >= 15 is 4.39 Å². The van der Waals surface area contributed by atoms with E-state index in [0.29, 0.717) is 23.1 Å². The van der Waals surface area contributed by atoms with Crippen LogP contribution in [-0.4, -0.2) is 6.36 Å². The second kappa shape index (κ2) is 10.1. The first-order chi connectivity index (χ1) is 17.1. The van der Waals surface area contributed by atoms with Crippen LogP contribution in [0.25, 0.3) is 10.8 Å². The average Bonchev–Trinajstić information content (AvgIpc) is 2.84. The molecule has 0 unspecified atom stereocenters. The van der Waals surface area contributed by atoms with Crippen LogP contribution in [0, 0.1) is 41.1 Å². The van der Waals surface area contributed by atoms with Crippen molar-refractivity contribution in [2.75, 3.05) is 0 Å². The predicted molar refractivity (Wildman–Crippen MR) is 125 cm³/mol. The first-order valence-corrected chi connectivity index (χ1v) is 10.7. The molecule has 0 saturated carbocycles. The smallest absolute Gasteiger partial charge is 0.399 e. The summed E-state index contributed by atoms with van der Waals surface area (Å²) < 4.78 is 83.0. The highest BCUT2D eigenvalue weighted by molar-refractivity contribution is 5.86. The van der Waals surface area contributed by atoms with Gasteiger partial charge in [0.25, 0.3) is 0 Å². The van der Waals surface area contributed by atoms with E-state index in [-0.39, 0.29) is 16.5 Å². The van der Waals surface area contributed by atoms with Gasteiger partial charge in [-0.05, 0) is 59.8 Å². The van der Waals surface area contributed by atoms with Crippen LogP contribution in [0.1, 0.15) is 34.7 Å². The summed E-state index contributed by atoms with van der Waals surface area (Å²) in [7, 11) is 0. The Kier molecular flexibility index (Phi) is 6.94. The second-order valence-electron chi connectivity index (χ2n) is 7.73. The molecular formula is C29H16F6O. The lowest BCUT2D eigenvalue weighted by Gasteiger charge is -2.10. The van der Waals surface area contributed by atoms with E-state index in [2.05, 4.69) is 35.3 Å². The molecule has 0 N–H and O–H groups in total. The maximum atomic E-state index is 15.0. The summed E-state index contributed by atoms with van der Waals surface area (Å²) >= 11 is 0. The normalized spacial score (nSPS) is 10.9. The maximum Gasteiger partial charge on any atom is 0.573 e. The molecule has 1 nitrogen and oxygen atoms in total. The highest BCUT2D eigenvalue weighted by atomic mass is 19.4. The van der Waals surface area contributed by atoms with Gasteiger partial charge in [-0.3, -0.25) is 0 Å². The molecule has 4 rings (SSSR count). The van der Waals surface area contributed by atoms with Gasteiger partial charge in [-0.15, -0.1) is 13.2 Å². The zero-order chi connectivity index (χ0) is 25.9. The topological polar surface area (TPSA) is 9.23 Å². The third-order valence-corrected chi connectivity index (χ3v) is 5.23. The van der Waals surface area contributed by atoms with E-state index in [1.165, 1.54) is 11.6 Å². The van der Waals surface area contributed by atoms with Crippen LogP contribution in [-0.2, 0) is 6.42 Å². The van der Waals surface area contributed by atoms with Gasteiger partial charge in [-0.2, -0.15) is 0 Å². The number of fused-ring (bicyclic) bond motifs is 1. The van der Waals surface area contributed by atoms with Gasteiger partial charge in [0.2, 0.25) is 5.75 Å². The number of aryl methyl sites for hydroxylation is 1. The van der Waals surface area contributed by atoms with Gasteiger partial charge >= 0.3 is 6.36 Å². The fourth-order valence-corrected chi connectivity index (χ4v) is 3.42. The minimum absolute atomic E-state index is 0.0474.